The summed E-state index contributed by atoms with van der Waals surface area (Å²) >= 11 is 0. The van der Waals surface area contributed by atoms with Crippen LogP contribution in [0.4, 0.5) is 0 Å². The van der Waals surface area contributed by atoms with Crippen molar-refractivity contribution in [2.45, 2.75) is 44.1 Å². The van der Waals surface area contributed by atoms with Gasteiger partial charge in [-0.25, -0.2) is 0 Å². The molecule has 5 nitrogen and oxygen atoms in total. The highest BCUT2D eigenvalue weighted by atomic mass is 16.5. The van der Waals surface area contributed by atoms with Crippen molar-refractivity contribution in [3.8, 4) is 5.75 Å². The molecule has 1 saturated heterocycles. The van der Waals surface area contributed by atoms with Gasteiger partial charge in [-0.2, -0.15) is 0 Å². The minimum atomic E-state index is 0.509. The Morgan fingerprint density at radius 2 is 1.96 bits per heavy atom. The van der Waals surface area contributed by atoms with Crippen LogP contribution < -0.4 is 10.1 Å². The second kappa shape index (κ2) is 9.29. The van der Waals surface area contributed by atoms with Crippen LogP contribution >= 0.6 is 0 Å². The summed E-state index contributed by atoms with van der Waals surface area (Å²) in [6, 6.07) is 6.84. The van der Waals surface area contributed by atoms with Gasteiger partial charge in [0.1, 0.15) is 12.4 Å². The van der Waals surface area contributed by atoms with Gasteiger partial charge in [0.15, 0.2) is 0 Å². The SMILES string of the molecule is c1cc(CCCCOCC2CC2c2cncc(OCC3CCN3)c2)ccn1. The maximum absolute atomic E-state index is 5.91. The Morgan fingerprint density at radius 3 is 2.78 bits per heavy atom. The average molecular weight is 367 g/mol. The van der Waals surface area contributed by atoms with Crippen molar-refractivity contribution in [1.29, 1.82) is 0 Å². The third-order valence-corrected chi connectivity index (χ3v) is 5.55. The van der Waals surface area contributed by atoms with Crippen molar-refractivity contribution < 1.29 is 9.47 Å². The Balaban J connectivity index is 1.10. The van der Waals surface area contributed by atoms with E-state index in [1.54, 1.807) is 0 Å². The number of aromatic nitrogens is 2. The number of hydrogen-bond donors (Lipinski definition) is 1. The molecule has 27 heavy (non-hydrogen) atoms. The van der Waals surface area contributed by atoms with Gasteiger partial charge in [0.25, 0.3) is 0 Å². The highest BCUT2D eigenvalue weighted by Gasteiger charge is 2.38. The molecule has 0 aromatic carbocycles. The number of hydrogen-bond acceptors (Lipinski definition) is 5. The Bertz CT molecular complexity index is 706. The molecule has 0 bridgehead atoms. The van der Waals surface area contributed by atoms with Gasteiger partial charge < -0.3 is 14.8 Å². The third kappa shape index (κ3) is 5.50. The Labute approximate surface area is 161 Å². The summed E-state index contributed by atoms with van der Waals surface area (Å²) in [5.74, 6) is 2.11. The summed E-state index contributed by atoms with van der Waals surface area (Å²) in [7, 11) is 0. The Kier molecular flexibility index (Phi) is 6.32. The molecule has 144 valence electrons. The van der Waals surface area contributed by atoms with Gasteiger partial charge in [0.05, 0.1) is 6.20 Å². The summed E-state index contributed by atoms with van der Waals surface area (Å²) in [5, 5.41) is 3.35. The number of nitrogens with zero attached hydrogens (tertiary/aromatic N) is 2. The molecule has 1 saturated carbocycles. The van der Waals surface area contributed by atoms with Crippen LogP contribution in [-0.4, -0.2) is 42.4 Å². The standard InChI is InChI=1S/C22H29N3O2/c1(3-17-4-7-23-8-5-17)2-10-26-15-19-12-22(19)18-11-21(14-24-13-18)27-16-20-6-9-25-20/h4-5,7-8,11,13-14,19-20,22,25H,1-3,6,9-10,12,15-16H2. The Morgan fingerprint density at radius 1 is 1.07 bits per heavy atom. The van der Waals surface area contributed by atoms with Crippen LogP contribution in [0.15, 0.2) is 43.0 Å². The summed E-state index contributed by atoms with van der Waals surface area (Å²) < 4.78 is 11.8. The minimum Gasteiger partial charge on any atom is -0.490 e. The molecular formula is C22H29N3O2. The molecule has 2 aromatic rings. The van der Waals surface area contributed by atoms with Crippen LogP contribution in [0, 0.1) is 5.92 Å². The molecule has 0 spiro atoms. The van der Waals surface area contributed by atoms with E-state index in [4.69, 9.17) is 9.47 Å². The molecule has 5 heteroatoms. The number of rotatable bonds is 11. The molecule has 2 aromatic heterocycles. The number of unbranched alkanes of at least 4 members (excludes halogenated alkanes) is 1. The van der Waals surface area contributed by atoms with Gasteiger partial charge in [-0.1, -0.05) is 0 Å². The smallest absolute Gasteiger partial charge is 0.137 e. The topological polar surface area (TPSA) is 56.3 Å². The van der Waals surface area contributed by atoms with Gasteiger partial charge in [0.2, 0.25) is 0 Å². The van der Waals surface area contributed by atoms with E-state index < -0.39 is 0 Å². The lowest BCUT2D eigenvalue weighted by Crippen LogP contribution is -2.46. The summed E-state index contributed by atoms with van der Waals surface area (Å²) in [6.07, 6.45) is 13.3. The van der Waals surface area contributed by atoms with E-state index in [0.717, 1.165) is 51.4 Å². The number of nitrogens with one attached hydrogen (secondary N) is 1. The molecule has 1 N–H and O–H groups in total. The van der Waals surface area contributed by atoms with Gasteiger partial charge in [-0.3, -0.25) is 9.97 Å². The second-order valence-corrected chi connectivity index (χ2v) is 7.69. The first-order valence-electron chi connectivity index (χ1n) is 10.2. The van der Waals surface area contributed by atoms with Gasteiger partial charge >= 0.3 is 0 Å². The molecule has 2 aliphatic rings. The normalized spacial score (nSPS) is 23.6. The Hall–Kier alpha value is -1.98. The minimum absolute atomic E-state index is 0.509. The van der Waals surface area contributed by atoms with Crippen molar-refractivity contribution in [3.63, 3.8) is 0 Å². The monoisotopic (exact) mass is 367 g/mol. The van der Waals surface area contributed by atoms with Crippen LogP contribution in [-0.2, 0) is 11.2 Å². The van der Waals surface area contributed by atoms with E-state index in [0.29, 0.717) is 17.9 Å². The first-order chi connectivity index (χ1) is 13.4. The lowest BCUT2D eigenvalue weighted by molar-refractivity contribution is 0.119. The van der Waals surface area contributed by atoms with E-state index in [1.165, 1.54) is 24.0 Å². The maximum Gasteiger partial charge on any atom is 0.137 e. The van der Waals surface area contributed by atoms with E-state index in [9.17, 15) is 0 Å². The van der Waals surface area contributed by atoms with Crippen molar-refractivity contribution >= 4 is 0 Å². The van der Waals surface area contributed by atoms with E-state index >= 15 is 0 Å². The first kappa shape index (κ1) is 18.4. The highest BCUT2D eigenvalue weighted by molar-refractivity contribution is 5.30. The van der Waals surface area contributed by atoms with Crippen molar-refractivity contribution in [1.82, 2.24) is 15.3 Å². The van der Waals surface area contributed by atoms with Crippen LogP contribution in [0.25, 0.3) is 0 Å². The highest BCUT2D eigenvalue weighted by Crippen LogP contribution is 2.47. The number of pyridine rings is 2. The predicted molar refractivity (Wildman–Crippen MR) is 105 cm³/mol. The predicted octanol–water partition coefficient (Wildman–Crippen LogP) is 3.36. The zero-order valence-corrected chi connectivity index (χ0v) is 15.8. The van der Waals surface area contributed by atoms with Crippen LogP contribution in [0.2, 0.25) is 0 Å². The lowest BCUT2D eigenvalue weighted by atomic mass is 10.1. The summed E-state index contributed by atoms with van der Waals surface area (Å²) in [5.41, 5.74) is 2.65. The molecule has 2 fully saturated rings. The largest absolute Gasteiger partial charge is 0.490 e. The quantitative estimate of drug-likeness (QED) is 0.617. The van der Waals surface area contributed by atoms with Gasteiger partial charge in [-0.05, 0) is 79.8 Å². The van der Waals surface area contributed by atoms with Crippen molar-refractivity contribution in [2.24, 2.45) is 5.92 Å². The molecule has 1 aliphatic heterocycles. The van der Waals surface area contributed by atoms with Gasteiger partial charge in [0, 0.05) is 37.8 Å². The second-order valence-electron chi connectivity index (χ2n) is 7.69. The molecular weight excluding hydrogens is 338 g/mol. The van der Waals surface area contributed by atoms with Crippen LogP contribution in [0.3, 0.4) is 0 Å². The van der Waals surface area contributed by atoms with Crippen molar-refractivity contribution in [3.05, 3.63) is 54.1 Å². The fourth-order valence-corrected chi connectivity index (χ4v) is 3.56. The molecule has 4 rings (SSSR count). The van der Waals surface area contributed by atoms with Crippen LogP contribution in [0.1, 0.15) is 42.7 Å². The maximum atomic E-state index is 5.91. The molecule has 3 heterocycles. The lowest BCUT2D eigenvalue weighted by Gasteiger charge is -2.27. The zero-order chi connectivity index (χ0) is 18.3. The number of aryl methyl sites for hydroxylation is 1. The fourth-order valence-electron chi connectivity index (χ4n) is 3.56. The van der Waals surface area contributed by atoms with Crippen LogP contribution in [0.5, 0.6) is 5.75 Å². The first-order valence-corrected chi connectivity index (χ1v) is 10.2. The fraction of sp³-hybridized carbons (Fsp3) is 0.545. The zero-order valence-electron chi connectivity index (χ0n) is 15.8. The molecule has 3 unspecified atom stereocenters. The molecule has 0 amide bonds. The van der Waals surface area contributed by atoms with Gasteiger partial charge in [-0.15, -0.1) is 0 Å². The summed E-state index contributed by atoms with van der Waals surface area (Å²) in [4.78, 5) is 8.41. The molecule has 3 atom stereocenters. The molecule has 0 radical (unpaired) electrons. The average Bonchev–Trinajstić information content (AvgIpc) is 3.44. The van der Waals surface area contributed by atoms with E-state index in [1.807, 2.05) is 24.8 Å². The van der Waals surface area contributed by atoms with E-state index in [2.05, 4.69) is 33.5 Å². The van der Waals surface area contributed by atoms with Crippen molar-refractivity contribution in [2.75, 3.05) is 26.4 Å². The summed E-state index contributed by atoms with van der Waals surface area (Å²) in [6.45, 7) is 3.56. The third-order valence-electron chi connectivity index (χ3n) is 5.55. The van der Waals surface area contributed by atoms with E-state index in [-0.39, 0.29) is 0 Å². The molecule has 1 aliphatic carbocycles. The number of ether oxygens (including phenoxy) is 2.